The summed E-state index contributed by atoms with van der Waals surface area (Å²) in [5.41, 5.74) is 0.710. The average molecular weight is 352 g/mol. The second kappa shape index (κ2) is 5.81. The van der Waals surface area contributed by atoms with E-state index in [1.807, 2.05) is 51.1 Å². The largest absolute Gasteiger partial charge is 0.371 e. The molecule has 0 spiro atoms. The molecule has 5 heteroatoms. The van der Waals surface area contributed by atoms with Crippen LogP contribution >= 0.6 is 33.8 Å². The highest BCUT2D eigenvalue weighted by Crippen LogP contribution is 2.54. The first-order chi connectivity index (χ1) is 9.17. The Balaban J connectivity index is 2.45. The highest BCUT2D eigenvalue weighted by molar-refractivity contribution is 7.48. The molecule has 1 fully saturated rings. The Hall–Kier alpha value is 0.267. The van der Waals surface area contributed by atoms with E-state index >= 15 is 0 Å². The van der Waals surface area contributed by atoms with Crippen LogP contribution in [0.1, 0.15) is 39.2 Å². The van der Waals surface area contributed by atoms with Gasteiger partial charge in [-0.3, -0.25) is 0 Å². The van der Waals surface area contributed by atoms with Crippen molar-refractivity contribution in [2.75, 3.05) is 0 Å². The Morgan fingerprint density at radius 1 is 1.20 bits per heavy atom. The van der Waals surface area contributed by atoms with E-state index in [1.165, 1.54) is 0 Å². The lowest BCUT2D eigenvalue weighted by Crippen LogP contribution is -2.57. The van der Waals surface area contributed by atoms with Gasteiger partial charge in [-0.1, -0.05) is 36.8 Å². The lowest BCUT2D eigenvalue weighted by atomic mass is 10.0. The summed E-state index contributed by atoms with van der Waals surface area (Å²) < 4.78 is 5.43. The Morgan fingerprint density at radius 2 is 1.80 bits per heavy atom. The van der Waals surface area contributed by atoms with Crippen molar-refractivity contribution in [3.8, 4) is 0 Å². The summed E-state index contributed by atoms with van der Waals surface area (Å²) in [6.45, 7) is 3.45. The van der Waals surface area contributed by atoms with Gasteiger partial charge >= 0.3 is 0 Å². The van der Waals surface area contributed by atoms with Crippen LogP contribution in [0.25, 0.3) is 0 Å². The molecule has 2 unspecified atom stereocenters. The van der Waals surface area contributed by atoms with Crippen molar-refractivity contribution in [1.29, 1.82) is 0 Å². The second-order valence-corrected chi connectivity index (χ2v) is 14.5. The quantitative estimate of drug-likeness (QED) is 0.385. The topological polar surface area (TPSA) is 9.23 Å². The number of benzene rings is 1. The molecular formula is C15H21Cl3OSi. The Kier molecular flexibility index (Phi) is 4.83. The van der Waals surface area contributed by atoms with Crippen LogP contribution < -0.4 is 0 Å². The molecular weight excluding hydrogens is 331 g/mol. The molecule has 20 heavy (non-hydrogen) atoms. The van der Waals surface area contributed by atoms with Gasteiger partial charge in [-0.15, -0.1) is 33.8 Å². The van der Waals surface area contributed by atoms with Crippen molar-refractivity contribution in [2.45, 2.75) is 55.9 Å². The van der Waals surface area contributed by atoms with E-state index in [-0.39, 0.29) is 11.7 Å². The molecule has 2 rings (SSSR count). The summed E-state index contributed by atoms with van der Waals surface area (Å²) in [7, 11) is 0. The molecule has 0 aromatic heterocycles. The maximum atomic E-state index is 7.04. The molecule has 1 aromatic carbocycles. The SMILES string of the molecule is CC(C)(C)OC1CCC[Si](Cl)(Cl)C1(Cl)c1ccccc1. The molecule has 0 radical (unpaired) electrons. The van der Waals surface area contributed by atoms with Gasteiger partial charge in [-0.05, 0) is 38.8 Å². The van der Waals surface area contributed by atoms with Crippen LogP contribution in [0.3, 0.4) is 0 Å². The van der Waals surface area contributed by atoms with Crippen LogP contribution in [-0.4, -0.2) is 18.4 Å². The molecule has 1 nitrogen and oxygen atoms in total. The summed E-state index contributed by atoms with van der Waals surface area (Å²) in [5, 5.41) is 0. The normalized spacial score (nSPS) is 30.2. The zero-order valence-electron chi connectivity index (χ0n) is 12.1. The minimum Gasteiger partial charge on any atom is -0.371 e. The molecule has 1 aliphatic rings. The third kappa shape index (κ3) is 3.20. The standard InChI is InChI=1S/C15H21Cl3OSi/c1-14(2,3)19-13-10-7-11-20(17,18)15(13,16)12-8-5-4-6-9-12/h4-6,8-9,13H,7,10-11H2,1-3H3. The van der Waals surface area contributed by atoms with Gasteiger partial charge in [0.15, 0.2) is 0 Å². The number of hydrogen-bond donors (Lipinski definition) is 0. The molecule has 0 bridgehead atoms. The minimum atomic E-state index is -2.66. The van der Waals surface area contributed by atoms with E-state index in [0.29, 0.717) is 0 Å². The van der Waals surface area contributed by atoms with Crippen LogP contribution in [0.5, 0.6) is 0 Å². The van der Waals surface area contributed by atoms with E-state index < -0.39 is 11.2 Å². The van der Waals surface area contributed by atoms with Crippen molar-refractivity contribution < 1.29 is 4.74 Å². The second-order valence-electron chi connectivity index (χ2n) is 6.39. The van der Waals surface area contributed by atoms with E-state index in [2.05, 4.69) is 0 Å². The maximum absolute atomic E-state index is 7.04. The summed E-state index contributed by atoms with van der Waals surface area (Å²) in [5.74, 6) is 0. The zero-order valence-corrected chi connectivity index (χ0v) is 15.4. The van der Waals surface area contributed by atoms with E-state index in [9.17, 15) is 0 Å². The highest BCUT2D eigenvalue weighted by Gasteiger charge is 2.60. The maximum Gasteiger partial charge on any atom is 0.278 e. The smallest absolute Gasteiger partial charge is 0.278 e. The zero-order chi connectivity index (χ0) is 15.0. The molecule has 0 N–H and O–H groups in total. The third-order valence-corrected chi connectivity index (χ3v) is 11.2. The summed E-state index contributed by atoms with van der Waals surface area (Å²) in [6.07, 6.45) is 1.72. The van der Waals surface area contributed by atoms with E-state index in [4.69, 9.17) is 38.5 Å². The first-order valence-electron chi connectivity index (χ1n) is 6.97. The van der Waals surface area contributed by atoms with Gasteiger partial charge in [0, 0.05) is 0 Å². The molecule has 1 aliphatic heterocycles. The molecule has 1 heterocycles. The van der Waals surface area contributed by atoms with Crippen molar-refractivity contribution in [1.82, 2.24) is 0 Å². The fourth-order valence-corrected chi connectivity index (χ4v) is 7.80. The van der Waals surface area contributed by atoms with E-state index in [0.717, 1.165) is 24.4 Å². The van der Waals surface area contributed by atoms with Crippen LogP contribution in [0.4, 0.5) is 0 Å². The number of rotatable bonds is 2. The summed E-state index contributed by atoms with van der Waals surface area (Å²) in [4.78, 5) is 0. The van der Waals surface area contributed by atoms with Gasteiger partial charge < -0.3 is 4.74 Å². The third-order valence-electron chi connectivity index (χ3n) is 3.62. The highest BCUT2D eigenvalue weighted by atomic mass is 35.7. The lowest BCUT2D eigenvalue weighted by Gasteiger charge is -2.47. The van der Waals surface area contributed by atoms with Gasteiger partial charge in [-0.25, -0.2) is 0 Å². The summed E-state index contributed by atoms with van der Waals surface area (Å²) in [6, 6.07) is 10.7. The Bertz CT molecular complexity index is 458. The lowest BCUT2D eigenvalue weighted by molar-refractivity contribution is -0.0741. The van der Waals surface area contributed by atoms with Crippen LogP contribution in [0.15, 0.2) is 30.3 Å². The number of alkyl halides is 1. The minimum absolute atomic E-state index is 0.151. The van der Waals surface area contributed by atoms with Crippen molar-refractivity contribution >= 4 is 40.5 Å². The van der Waals surface area contributed by atoms with Gasteiger partial charge in [0.25, 0.3) is 6.69 Å². The molecule has 0 saturated carbocycles. The van der Waals surface area contributed by atoms with E-state index in [1.54, 1.807) is 0 Å². The molecule has 2 atom stereocenters. The predicted octanol–water partition coefficient (Wildman–Crippen LogP) is 5.56. The fraction of sp³-hybridized carbons (Fsp3) is 0.600. The number of hydrogen-bond acceptors (Lipinski definition) is 1. The fourth-order valence-electron chi connectivity index (χ4n) is 2.77. The Morgan fingerprint density at radius 3 is 2.35 bits per heavy atom. The molecule has 1 aromatic rings. The number of ether oxygens (including phenoxy) is 1. The summed E-state index contributed by atoms with van der Waals surface area (Å²) >= 11 is 20.5. The monoisotopic (exact) mass is 350 g/mol. The van der Waals surface area contributed by atoms with Gasteiger partial charge in [0.05, 0.1) is 11.7 Å². The number of halogens is 3. The molecule has 0 amide bonds. The van der Waals surface area contributed by atoms with Gasteiger partial charge in [0.2, 0.25) is 0 Å². The van der Waals surface area contributed by atoms with Gasteiger partial charge in [-0.2, -0.15) is 0 Å². The van der Waals surface area contributed by atoms with Crippen LogP contribution in [0, 0.1) is 0 Å². The van der Waals surface area contributed by atoms with Crippen molar-refractivity contribution in [3.05, 3.63) is 35.9 Å². The first-order valence-corrected chi connectivity index (χ1v) is 11.6. The van der Waals surface area contributed by atoms with Crippen molar-refractivity contribution in [2.24, 2.45) is 0 Å². The van der Waals surface area contributed by atoms with Crippen LogP contribution in [0.2, 0.25) is 6.04 Å². The first kappa shape index (κ1) is 16.6. The van der Waals surface area contributed by atoms with Crippen LogP contribution in [-0.2, 0) is 9.23 Å². The molecule has 0 aliphatic carbocycles. The average Bonchev–Trinajstić information content (AvgIpc) is 2.34. The Labute approximate surface area is 137 Å². The molecule has 112 valence electrons. The predicted molar refractivity (Wildman–Crippen MR) is 90.1 cm³/mol. The molecule has 1 saturated heterocycles. The van der Waals surface area contributed by atoms with Crippen molar-refractivity contribution in [3.63, 3.8) is 0 Å². The van der Waals surface area contributed by atoms with Gasteiger partial charge in [0.1, 0.15) is 4.50 Å².